The summed E-state index contributed by atoms with van der Waals surface area (Å²) in [6.07, 6.45) is 0. The Morgan fingerprint density at radius 3 is 1.63 bits per heavy atom. The summed E-state index contributed by atoms with van der Waals surface area (Å²) in [6, 6.07) is 56.8. The van der Waals surface area contributed by atoms with Crippen molar-refractivity contribution in [2.75, 3.05) is 4.90 Å². The summed E-state index contributed by atoms with van der Waals surface area (Å²) in [4.78, 5) is 2.43. The highest BCUT2D eigenvalue weighted by atomic mass is 15.1. The second-order valence-electron chi connectivity index (χ2n) is 15.0. The van der Waals surface area contributed by atoms with Crippen LogP contribution in [0.5, 0.6) is 0 Å². The van der Waals surface area contributed by atoms with E-state index in [1.807, 2.05) is 0 Å². The summed E-state index contributed by atoms with van der Waals surface area (Å²) in [5.74, 6) is 0. The molecule has 49 heavy (non-hydrogen) atoms. The van der Waals surface area contributed by atoms with Gasteiger partial charge in [-0.2, -0.15) is 0 Å². The van der Waals surface area contributed by atoms with Gasteiger partial charge in [0, 0.05) is 27.9 Å². The van der Waals surface area contributed by atoms with Gasteiger partial charge in [0.05, 0.1) is 0 Å². The Labute approximate surface area is 288 Å². The number of fused-ring (bicyclic) bond motifs is 10. The second-order valence-corrected chi connectivity index (χ2v) is 15.0. The lowest BCUT2D eigenvalue weighted by Gasteiger charge is -2.28. The predicted molar refractivity (Wildman–Crippen MR) is 209 cm³/mol. The number of benzene rings is 8. The zero-order valence-corrected chi connectivity index (χ0v) is 28.4. The lowest BCUT2D eigenvalue weighted by Crippen LogP contribution is -2.16. The van der Waals surface area contributed by atoms with E-state index < -0.39 is 0 Å². The third kappa shape index (κ3) is 3.99. The molecule has 234 valence electrons. The minimum Gasteiger partial charge on any atom is -0.310 e. The van der Waals surface area contributed by atoms with E-state index in [9.17, 15) is 0 Å². The molecule has 0 bridgehead atoms. The van der Waals surface area contributed by atoms with Crippen molar-refractivity contribution >= 4 is 49.4 Å². The fourth-order valence-electron chi connectivity index (χ4n) is 8.95. The Kier molecular flexibility index (Phi) is 5.75. The van der Waals surface area contributed by atoms with Gasteiger partial charge in [0.1, 0.15) is 0 Å². The normalized spacial score (nSPS) is 14.9. The van der Waals surface area contributed by atoms with Crippen LogP contribution in [0.15, 0.2) is 152 Å². The van der Waals surface area contributed by atoms with Crippen LogP contribution in [0.3, 0.4) is 0 Å². The number of hydrogen-bond donors (Lipinski definition) is 0. The average Bonchev–Trinajstić information content (AvgIpc) is 3.49. The molecule has 0 aromatic heterocycles. The lowest BCUT2D eigenvalue weighted by molar-refractivity contribution is 0.661. The molecule has 0 saturated heterocycles. The first-order valence-corrected chi connectivity index (χ1v) is 17.4. The van der Waals surface area contributed by atoms with Gasteiger partial charge in [-0.05, 0) is 137 Å². The fraction of sp³-hybridized carbons (Fsp3) is 0.125. The molecule has 2 aliphatic carbocycles. The number of nitrogens with zero attached hydrogens (tertiary/aromatic N) is 1. The molecular formula is C48H37N. The van der Waals surface area contributed by atoms with Crippen LogP contribution in [-0.2, 0) is 10.8 Å². The second kappa shape index (κ2) is 9.94. The quantitative estimate of drug-likeness (QED) is 0.188. The molecule has 10 rings (SSSR count). The Hall–Kier alpha value is -5.66. The van der Waals surface area contributed by atoms with Crippen LogP contribution in [0, 0.1) is 0 Å². The first-order valence-electron chi connectivity index (χ1n) is 17.4. The van der Waals surface area contributed by atoms with Crippen molar-refractivity contribution in [1.82, 2.24) is 0 Å². The van der Waals surface area contributed by atoms with Crippen molar-refractivity contribution in [3.05, 3.63) is 174 Å². The lowest BCUT2D eigenvalue weighted by atomic mass is 9.81. The van der Waals surface area contributed by atoms with Crippen LogP contribution < -0.4 is 4.90 Å². The smallest absolute Gasteiger partial charge is 0.0468 e. The summed E-state index contributed by atoms with van der Waals surface area (Å²) >= 11 is 0. The highest BCUT2D eigenvalue weighted by Crippen LogP contribution is 2.54. The molecule has 0 unspecified atom stereocenters. The third-order valence-electron chi connectivity index (χ3n) is 11.6. The molecule has 8 aromatic rings. The van der Waals surface area contributed by atoms with Crippen LogP contribution in [0.1, 0.15) is 49.9 Å². The third-order valence-corrected chi connectivity index (χ3v) is 11.6. The summed E-state index contributed by atoms with van der Waals surface area (Å²) < 4.78 is 0. The first kappa shape index (κ1) is 28.4. The molecular weight excluding hydrogens is 591 g/mol. The Balaban J connectivity index is 1.14. The van der Waals surface area contributed by atoms with Gasteiger partial charge in [-0.1, -0.05) is 119 Å². The van der Waals surface area contributed by atoms with E-state index in [4.69, 9.17) is 0 Å². The van der Waals surface area contributed by atoms with Crippen molar-refractivity contribution < 1.29 is 0 Å². The van der Waals surface area contributed by atoms with E-state index in [1.54, 1.807) is 0 Å². The van der Waals surface area contributed by atoms with E-state index in [2.05, 4.69) is 184 Å². The van der Waals surface area contributed by atoms with E-state index in [0.29, 0.717) is 0 Å². The highest BCUT2D eigenvalue weighted by molar-refractivity contribution is 6.03. The molecule has 0 amide bonds. The number of para-hydroxylation sites is 1. The van der Waals surface area contributed by atoms with Gasteiger partial charge < -0.3 is 4.90 Å². The summed E-state index contributed by atoms with van der Waals surface area (Å²) in [5, 5.41) is 7.77. The van der Waals surface area contributed by atoms with Crippen LogP contribution >= 0.6 is 0 Å². The molecule has 0 atom stereocenters. The average molecular weight is 628 g/mol. The summed E-state index contributed by atoms with van der Waals surface area (Å²) in [5.41, 5.74) is 14.4. The van der Waals surface area contributed by atoms with Crippen LogP contribution in [0.25, 0.3) is 54.6 Å². The van der Waals surface area contributed by atoms with Crippen molar-refractivity contribution in [2.45, 2.75) is 38.5 Å². The largest absolute Gasteiger partial charge is 0.310 e. The Morgan fingerprint density at radius 2 is 0.878 bits per heavy atom. The number of hydrogen-bond acceptors (Lipinski definition) is 1. The number of anilines is 3. The Bertz CT molecular complexity index is 2660. The van der Waals surface area contributed by atoms with E-state index >= 15 is 0 Å². The highest BCUT2D eigenvalue weighted by Gasteiger charge is 2.38. The van der Waals surface area contributed by atoms with Crippen molar-refractivity contribution in [2.24, 2.45) is 0 Å². The molecule has 1 nitrogen and oxygen atoms in total. The van der Waals surface area contributed by atoms with Gasteiger partial charge in [-0.15, -0.1) is 0 Å². The first-order chi connectivity index (χ1) is 23.8. The van der Waals surface area contributed by atoms with Crippen LogP contribution in [0.4, 0.5) is 17.1 Å². The maximum absolute atomic E-state index is 2.45. The monoisotopic (exact) mass is 627 g/mol. The van der Waals surface area contributed by atoms with Gasteiger partial charge in [0.25, 0.3) is 0 Å². The summed E-state index contributed by atoms with van der Waals surface area (Å²) in [7, 11) is 0. The molecule has 0 aliphatic heterocycles. The van der Waals surface area contributed by atoms with Gasteiger partial charge in [0.15, 0.2) is 0 Å². The van der Waals surface area contributed by atoms with Gasteiger partial charge >= 0.3 is 0 Å². The van der Waals surface area contributed by atoms with Gasteiger partial charge in [0.2, 0.25) is 0 Å². The molecule has 0 N–H and O–H groups in total. The van der Waals surface area contributed by atoms with Crippen molar-refractivity contribution in [3.63, 3.8) is 0 Å². The SMILES string of the molecule is CC1(C)c2cc3ccccc3cc2-c2cc3ccc(N(c4ccccc4)c4ccc5c(c4)C(C)(C)c4ccc6ccccc6c4-5)cc3cc21. The molecule has 0 saturated carbocycles. The number of rotatable bonds is 3. The van der Waals surface area contributed by atoms with E-state index in [1.165, 1.54) is 82.5 Å². The van der Waals surface area contributed by atoms with Crippen molar-refractivity contribution in [1.29, 1.82) is 0 Å². The van der Waals surface area contributed by atoms with Gasteiger partial charge in [-0.3, -0.25) is 0 Å². The molecule has 0 heterocycles. The maximum atomic E-state index is 2.45. The van der Waals surface area contributed by atoms with E-state index in [-0.39, 0.29) is 10.8 Å². The zero-order chi connectivity index (χ0) is 33.1. The predicted octanol–water partition coefficient (Wildman–Crippen LogP) is 13.2. The standard InChI is InChI=1S/C48H37N/c1-47(2)42-23-19-30-12-10-11-17-38(30)46(42)39-22-21-37(29-45(39)47)49(35-15-6-5-7-16-35)36-20-18-33-26-41-40-25-31-13-8-9-14-32(31)27-43(40)48(3,4)44(41)28-34(33)24-36/h5-29H,1-4H3. The minimum atomic E-state index is -0.109. The summed E-state index contributed by atoms with van der Waals surface area (Å²) in [6.45, 7) is 9.52. The zero-order valence-electron chi connectivity index (χ0n) is 28.4. The maximum Gasteiger partial charge on any atom is 0.0468 e. The molecule has 0 radical (unpaired) electrons. The fourth-order valence-corrected chi connectivity index (χ4v) is 8.95. The molecule has 8 aromatic carbocycles. The van der Waals surface area contributed by atoms with Gasteiger partial charge in [-0.25, -0.2) is 0 Å². The molecule has 2 aliphatic rings. The Morgan fingerprint density at radius 1 is 0.347 bits per heavy atom. The molecule has 0 fully saturated rings. The van der Waals surface area contributed by atoms with Crippen molar-refractivity contribution in [3.8, 4) is 22.3 Å². The molecule has 0 spiro atoms. The van der Waals surface area contributed by atoms with Crippen LogP contribution in [-0.4, -0.2) is 0 Å². The minimum absolute atomic E-state index is 0.0806. The van der Waals surface area contributed by atoms with Crippen LogP contribution in [0.2, 0.25) is 0 Å². The topological polar surface area (TPSA) is 3.24 Å². The van der Waals surface area contributed by atoms with E-state index in [0.717, 1.165) is 11.4 Å². The molecule has 1 heteroatoms.